The topological polar surface area (TPSA) is 49.1 Å². The van der Waals surface area contributed by atoms with E-state index in [9.17, 15) is 0 Å². The normalized spacial score (nSPS) is 11.9. The van der Waals surface area contributed by atoms with Crippen LogP contribution in [0.5, 0.6) is 5.75 Å². The van der Waals surface area contributed by atoms with Gasteiger partial charge in [0.25, 0.3) is 0 Å². The molecule has 2 aromatic carbocycles. The van der Waals surface area contributed by atoms with Crippen molar-refractivity contribution in [2.24, 2.45) is 0 Å². The summed E-state index contributed by atoms with van der Waals surface area (Å²) in [6.07, 6.45) is 2.09. The number of benzene rings is 2. The Kier molecular flexibility index (Phi) is 5.56. The summed E-state index contributed by atoms with van der Waals surface area (Å²) in [5.41, 5.74) is 3.62. The predicted molar refractivity (Wildman–Crippen MR) is 107 cm³/mol. The second-order valence-electron chi connectivity index (χ2n) is 5.86. The van der Waals surface area contributed by atoms with Crippen molar-refractivity contribution in [1.29, 1.82) is 0 Å². The number of aromatic nitrogens is 1. The molecule has 0 aliphatic rings. The Balaban J connectivity index is 1.94. The molecule has 25 heavy (non-hydrogen) atoms. The van der Waals surface area contributed by atoms with E-state index in [2.05, 4.69) is 52.1 Å². The summed E-state index contributed by atoms with van der Waals surface area (Å²) in [7, 11) is 1.68. The first kappa shape index (κ1) is 17.3. The molecule has 0 saturated carbocycles. The van der Waals surface area contributed by atoms with Crippen molar-refractivity contribution in [1.82, 2.24) is 15.6 Å². The van der Waals surface area contributed by atoms with Crippen LogP contribution in [0.4, 0.5) is 0 Å². The molecule has 0 amide bonds. The first-order chi connectivity index (χ1) is 12.2. The third-order valence-corrected chi connectivity index (χ3v) is 4.61. The van der Waals surface area contributed by atoms with Crippen LogP contribution < -0.4 is 15.4 Å². The number of rotatable bonds is 6. The molecule has 5 heteroatoms. The summed E-state index contributed by atoms with van der Waals surface area (Å²) in [5.74, 6) is 1.04. The molecule has 0 saturated heterocycles. The lowest BCUT2D eigenvalue weighted by atomic mass is 9.91. The quantitative estimate of drug-likeness (QED) is 0.590. The first-order valence-corrected chi connectivity index (χ1v) is 8.85. The van der Waals surface area contributed by atoms with Crippen LogP contribution in [-0.4, -0.2) is 30.3 Å². The number of nitrogens with one attached hydrogen (secondary N) is 3. The van der Waals surface area contributed by atoms with Crippen LogP contribution in [-0.2, 0) is 0 Å². The van der Waals surface area contributed by atoms with Crippen molar-refractivity contribution < 1.29 is 4.74 Å². The van der Waals surface area contributed by atoms with Crippen LogP contribution >= 0.6 is 12.2 Å². The minimum absolute atomic E-state index is 0.179. The van der Waals surface area contributed by atoms with E-state index in [1.807, 2.05) is 25.1 Å². The molecule has 0 aliphatic heterocycles. The molecule has 0 unspecified atom stereocenters. The van der Waals surface area contributed by atoms with Gasteiger partial charge in [-0.25, -0.2) is 0 Å². The molecule has 0 aliphatic carbocycles. The maximum Gasteiger partial charge on any atom is 0.166 e. The molecular formula is C20H23N3OS. The van der Waals surface area contributed by atoms with Gasteiger partial charge in [0, 0.05) is 36.1 Å². The highest BCUT2D eigenvalue weighted by atomic mass is 32.1. The second kappa shape index (κ2) is 8.03. The fourth-order valence-electron chi connectivity index (χ4n) is 3.04. The molecular weight excluding hydrogens is 330 g/mol. The fourth-order valence-corrected chi connectivity index (χ4v) is 3.27. The molecule has 0 fully saturated rings. The van der Waals surface area contributed by atoms with Gasteiger partial charge in [-0.2, -0.15) is 0 Å². The number of aromatic amines is 1. The number of hydrogen-bond donors (Lipinski definition) is 3. The van der Waals surface area contributed by atoms with E-state index in [4.69, 9.17) is 17.0 Å². The molecule has 3 rings (SSSR count). The lowest BCUT2D eigenvalue weighted by Crippen LogP contribution is -2.37. The third kappa shape index (κ3) is 3.94. The highest BCUT2D eigenvalue weighted by Crippen LogP contribution is 2.31. The molecule has 0 spiro atoms. The number of ether oxygens (including phenoxy) is 1. The molecule has 3 aromatic rings. The summed E-state index contributed by atoms with van der Waals surface area (Å²) in [4.78, 5) is 3.37. The summed E-state index contributed by atoms with van der Waals surface area (Å²) in [6.45, 7) is 3.57. The lowest BCUT2D eigenvalue weighted by molar-refractivity contribution is 0.414. The zero-order chi connectivity index (χ0) is 17.6. The maximum absolute atomic E-state index is 5.34. The van der Waals surface area contributed by atoms with Gasteiger partial charge in [0.15, 0.2) is 5.11 Å². The Hall–Kier alpha value is -2.53. The maximum atomic E-state index is 5.34. The van der Waals surface area contributed by atoms with E-state index in [-0.39, 0.29) is 5.92 Å². The molecule has 0 radical (unpaired) electrons. The third-order valence-electron chi connectivity index (χ3n) is 4.32. The van der Waals surface area contributed by atoms with Gasteiger partial charge in [0.1, 0.15) is 5.75 Å². The van der Waals surface area contributed by atoms with Crippen molar-refractivity contribution in [3.8, 4) is 5.75 Å². The number of fused-ring (bicyclic) bond motifs is 1. The number of para-hydroxylation sites is 1. The van der Waals surface area contributed by atoms with E-state index in [0.29, 0.717) is 5.11 Å². The summed E-state index contributed by atoms with van der Waals surface area (Å²) >= 11 is 5.34. The first-order valence-electron chi connectivity index (χ1n) is 8.44. The number of hydrogen-bond acceptors (Lipinski definition) is 2. The van der Waals surface area contributed by atoms with E-state index < -0.39 is 0 Å². The van der Waals surface area contributed by atoms with Crippen molar-refractivity contribution >= 4 is 28.2 Å². The van der Waals surface area contributed by atoms with E-state index in [0.717, 1.165) is 24.4 Å². The van der Waals surface area contributed by atoms with Gasteiger partial charge >= 0.3 is 0 Å². The number of thiocarbonyl (C=S) groups is 1. The van der Waals surface area contributed by atoms with Crippen LogP contribution in [0.2, 0.25) is 0 Å². The van der Waals surface area contributed by atoms with Gasteiger partial charge in [-0.3, -0.25) is 0 Å². The summed E-state index contributed by atoms with van der Waals surface area (Å²) in [6, 6.07) is 16.6. The summed E-state index contributed by atoms with van der Waals surface area (Å²) in [5, 5.41) is 8.40. The van der Waals surface area contributed by atoms with E-state index in [1.54, 1.807) is 7.11 Å². The second-order valence-corrected chi connectivity index (χ2v) is 6.26. The minimum Gasteiger partial charge on any atom is -0.497 e. The van der Waals surface area contributed by atoms with Gasteiger partial charge in [-0.1, -0.05) is 30.3 Å². The zero-order valence-corrected chi connectivity index (χ0v) is 15.3. The van der Waals surface area contributed by atoms with Gasteiger partial charge in [-0.05, 0) is 48.5 Å². The molecule has 1 atom stereocenters. The number of H-pyrrole nitrogens is 1. The van der Waals surface area contributed by atoms with Crippen LogP contribution in [0.25, 0.3) is 10.9 Å². The van der Waals surface area contributed by atoms with E-state index >= 15 is 0 Å². The Labute approximate surface area is 153 Å². The number of methoxy groups -OCH3 is 1. The minimum atomic E-state index is 0.179. The van der Waals surface area contributed by atoms with Gasteiger partial charge in [-0.15, -0.1) is 0 Å². The molecule has 1 aromatic heterocycles. The Morgan fingerprint density at radius 2 is 1.88 bits per heavy atom. The van der Waals surface area contributed by atoms with Gasteiger partial charge in [0.2, 0.25) is 0 Å². The van der Waals surface area contributed by atoms with Crippen LogP contribution in [0.15, 0.2) is 54.7 Å². The van der Waals surface area contributed by atoms with Gasteiger partial charge < -0.3 is 20.4 Å². The molecule has 3 N–H and O–H groups in total. The molecule has 130 valence electrons. The van der Waals surface area contributed by atoms with Crippen LogP contribution in [0, 0.1) is 0 Å². The highest BCUT2D eigenvalue weighted by Gasteiger charge is 2.18. The zero-order valence-electron chi connectivity index (χ0n) is 14.5. The van der Waals surface area contributed by atoms with Crippen LogP contribution in [0.1, 0.15) is 24.0 Å². The predicted octanol–water partition coefficient (Wildman–Crippen LogP) is 3.79. The highest BCUT2D eigenvalue weighted by molar-refractivity contribution is 7.80. The average molecular weight is 353 g/mol. The monoisotopic (exact) mass is 353 g/mol. The molecule has 0 bridgehead atoms. The smallest absolute Gasteiger partial charge is 0.166 e. The van der Waals surface area contributed by atoms with Crippen molar-refractivity contribution in [3.05, 3.63) is 65.9 Å². The van der Waals surface area contributed by atoms with Crippen molar-refractivity contribution in [2.75, 3.05) is 20.2 Å². The van der Waals surface area contributed by atoms with Crippen LogP contribution in [0.3, 0.4) is 0 Å². The van der Waals surface area contributed by atoms with Gasteiger partial charge in [0.05, 0.1) is 7.11 Å². The molecule has 1 heterocycles. The lowest BCUT2D eigenvalue weighted by Gasteiger charge is -2.19. The van der Waals surface area contributed by atoms with Crippen molar-refractivity contribution in [3.63, 3.8) is 0 Å². The van der Waals surface area contributed by atoms with E-state index in [1.165, 1.54) is 16.5 Å². The Morgan fingerprint density at radius 1 is 1.12 bits per heavy atom. The van der Waals surface area contributed by atoms with Crippen molar-refractivity contribution in [2.45, 2.75) is 12.8 Å². The standard InChI is InChI=1S/C20H23N3OS/c1-3-21-20(25)23-12-17(14-8-10-15(24-2)11-9-14)18-13-22-19-7-5-4-6-16(18)19/h4-11,13,17,22H,3,12H2,1-2H3,(H2,21,23,25)/t17-/m1/s1. The average Bonchev–Trinajstić information content (AvgIpc) is 3.07. The SMILES string of the molecule is CCNC(=S)NC[C@H](c1ccc(OC)cc1)c1c[nH]c2ccccc12. The summed E-state index contributed by atoms with van der Waals surface area (Å²) < 4.78 is 5.29. The largest absolute Gasteiger partial charge is 0.497 e. The molecule has 4 nitrogen and oxygen atoms in total. The Bertz CT molecular complexity index is 842. The fraction of sp³-hybridized carbons (Fsp3) is 0.250. The Morgan fingerprint density at radius 3 is 2.60 bits per heavy atom.